The number of phenols is 1. The van der Waals surface area contributed by atoms with Crippen molar-refractivity contribution in [2.75, 3.05) is 7.11 Å². The summed E-state index contributed by atoms with van der Waals surface area (Å²) in [4.78, 5) is 28.3. The monoisotopic (exact) mass is 346 g/mol. The number of aromatic nitrogens is 3. The number of nitrogens with zero attached hydrogens (tertiary/aromatic N) is 3. The molecule has 0 bridgehead atoms. The van der Waals surface area contributed by atoms with E-state index in [1.165, 1.54) is 19.5 Å². The third kappa shape index (κ3) is 4.56. The van der Waals surface area contributed by atoms with Crippen molar-refractivity contribution >= 4 is 11.9 Å². The highest BCUT2D eigenvalue weighted by Gasteiger charge is 2.26. The highest BCUT2D eigenvalue weighted by Crippen LogP contribution is 2.18. The molecular formula is C17H22N4O4. The normalized spacial score (nSPS) is 12.5. The van der Waals surface area contributed by atoms with Gasteiger partial charge in [0.1, 0.15) is 18.1 Å². The van der Waals surface area contributed by atoms with E-state index in [1.54, 1.807) is 22.9 Å². The topological polar surface area (TPSA) is 106 Å². The summed E-state index contributed by atoms with van der Waals surface area (Å²) in [6, 6.07) is 5.63. The Morgan fingerprint density at radius 3 is 2.56 bits per heavy atom. The molecule has 2 rings (SSSR count). The number of hydrogen-bond donors (Lipinski definition) is 2. The summed E-state index contributed by atoms with van der Waals surface area (Å²) in [5.41, 5.74) is 0.203. The number of ether oxygens (including phenoxy) is 1. The predicted octanol–water partition coefficient (Wildman–Crippen LogP) is 1.25. The zero-order chi connectivity index (χ0) is 18.6. The van der Waals surface area contributed by atoms with Crippen LogP contribution in [0.5, 0.6) is 5.75 Å². The van der Waals surface area contributed by atoms with Crippen LogP contribution in [0.25, 0.3) is 0 Å². The van der Waals surface area contributed by atoms with Crippen LogP contribution in [0.1, 0.15) is 37.0 Å². The molecule has 1 aromatic heterocycles. The molecule has 25 heavy (non-hydrogen) atoms. The van der Waals surface area contributed by atoms with Gasteiger partial charge in [-0.3, -0.25) is 4.79 Å². The van der Waals surface area contributed by atoms with Crippen molar-refractivity contribution in [1.82, 2.24) is 20.1 Å². The predicted molar refractivity (Wildman–Crippen MR) is 90.1 cm³/mol. The summed E-state index contributed by atoms with van der Waals surface area (Å²) in [6.45, 7) is 5.79. The number of methoxy groups -OCH3 is 1. The number of nitrogens with one attached hydrogen (secondary N) is 1. The lowest BCUT2D eigenvalue weighted by molar-refractivity contribution is -0.142. The average Bonchev–Trinajstić information content (AvgIpc) is 3.05. The van der Waals surface area contributed by atoms with E-state index < -0.39 is 17.9 Å². The molecule has 0 fully saturated rings. The highest BCUT2D eigenvalue weighted by atomic mass is 16.5. The molecule has 1 amide bonds. The van der Waals surface area contributed by atoms with Gasteiger partial charge in [-0.25, -0.2) is 14.5 Å². The van der Waals surface area contributed by atoms with Crippen LogP contribution < -0.4 is 5.32 Å². The number of para-hydroxylation sites is 1. The summed E-state index contributed by atoms with van der Waals surface area (Å²) in [5.74, 6) is -1.21. The first-order valence-corrected chi connectivity index (χ1v) is 7.80. The van der Waals surface area contributed by atoms with Crippen LogP contribution in [0.15, 0.2) is 30.6 Å². The van der Waals surface area contributed by atoms with E-state index >= 15 is 0 Å². The number of hydrogen-bond acceptors (Lipinski definition) is 6. The third-order valence-corrected chi connectivity index (χ3v) is 3.59. The third-order valence-electron chi connectivity index (χ3n) is 3.59. The van der Waals surface area contributed by atoms with Crippen LogP contribution in [0, 0.1) is 0 Å². The van der Waals surface area contributed by atoms with Gasteiger partial charge in [0.2, 0.25) is 5.82 Å². The lowest BCUT2D eigenvalue weighted by atomic mass is 10.0. The van der Waals surface area contributed by atoms with Crippen molar-refractivity contribution in [3.05, 3.63) is 42.0 Å². The number of phenolic OH excluding ortho intramolecular Hbond substituents is 1. The Bertz CT molecular complexity index is 764. The molecule has 0 aliphatic rings. The van der Waals surface area contributed by atoms with Crippen molar-refractivity contribution in [1.29, 1.82) is 0 Å². The summed E-state index contributed by atoms with van der Waals surface area (Å²) < 4.78 is 6.31. The molecule has 1 heterocycles. The Kier molecular flexibility index (Phi) is 5.41. The molecule has 1 atom stereocenters. The molecule has 134 valence electrons. The van der Waals surface area contributed by atoms with Crippen molar-refractivity contribution in [3.63, 3.8) is 0 Å². The molecule has 0 saturated heterocycles. The molecule has 0 spiro atoms. The maximum atomic E-state index is 12.4. The fourth-order valence-electron chi connectivity index (χ4n) is 2.15. The Balaban J connectivity index is 2.17. The molecule has 0 aliphatic heterocycles. The smallest absolute Gasteiger partial charge is 0.328 e. The summed E-state index contributed by atoms with van der Waals surface area (Å²) >= 11 is 0. The van der Waals surface area contributed by atoms with Crippen LogP contribution in [0.2, 0.25) is 0 Å². The van der Waals surface area contributed by atoms with Crippen molar-refractivity contribution in [2.24, 2.45) is 0 Å². The first-order chi connectivity index (χ1) is 11.7. The van der Waals surface area contributed by atoms with E-state index in [4.69, 9.17) is 4.74 Å². The molecule has 8 heteroatoms. The van der Waals surface area contributed by atoms with E-state index in [9.17, 15) is 14.7 Å². The number of aromatic hydroxyl groups is 1. The van der Waals surface area contributed by atoms with Gasteiger partial charge in [0, 0.05) is 6.42 Å². The molecule has 1 aromatic carbocycles. The molecule has 0 aliphatic carbocycles. The van der Waals surface area contributed by atoms with Gasteiger partial charge in [-0.15, -0.1) is 5.10 Å². The minimum Gasteiger partial charge on any atom is -0.508 e. The molecule has 1 unspecified atom stereocenters. The van der Waals surface area contributed by atoms with Gasteiger partial charge in [0.05, 0.1) is 12.6 Å². The maximum Gasteiger partial charge on any atom is 0.328 e. The Morgan fingerprint density at radius 1 is 1.32 bits per heavy atom. The standard InChI is InChI=1S/C17H22N4O4/c1-17(2,3)21-10-18-14(20-21)15(23)19-12(16(24)25-4)9-11-7-5-6-8-13(11)22/h5-8,10,12,22H,9H2,1-4H3,(H,19,23). The van der Waals surface area contributed by atoms with Crippen LogP contribution in [0.4, 0.5) is 0 Å². The minimum atomic E-state index is -0.965. The molecule has 2 aromatic rings. The van der Waals surface area contributed by atoms with Gasteiger partial charge >= 0.3 is 5.97 Å². The van der Waals surface area contributed by atoms with Crippen molar-refractivity contribution < 1.29 is 19.4 Å². The first kappa shape index (κ1) is 18.4. The Labute approximate surface area is 145 Å². The van der Waals surface area contributed by atoms with E-state index in [0.717, 1.165) is 0 Å². The quantitative estimate of drug-likeness (QED) is 0.789. The molecule has 0 saturated carbocycles. The second kappa shape index (κ2) is 7.33. The van der Waals surface area contributed by atoms with E-state index in [1.807, 2.05) is 20.8 Å². The summed E-state index contributed by atoms with van der Waals surface area (Å²) in [5, 5.41) is 16.6. The molecule has 0 radical (unpaired) electrons. The number of benzene rings is 1. The maximum absolute atomic E-state index is 12.4. The average molecular weight is 346 g/mol. The summed E-state index contributed by atoms with van der Waals surface area (Å²) in [6.07, 6.45) is 1.55. The van der Waals surface area contributed by atoms with E-state index in [-0.39, 0.29) is 23.5 Å². The van der Waals surface area contributed by atoms with Gasteiger partial charge in [-0.05, 0) is 32.4 Å². The van der Waals surface area contributed by atoms with Crippen molar-refractivity contribution in [2.45, 2.75) is 38.8 Å². The van der Waals surface area contributed by atoms with Gasteiger partial charge in [0.15, 0.2) is 0 Å². The Hall–Kier alpha value is -2.90. The van der Waals surface area contributed by atoms with Gasteiger partial charge in [-0.1, -0.05) is 18.2 Å². The second-order valence-corrected chi connectivity index (χ2v) is 6.57. The SMILES string of the molecule is COC(=O)C(Cc1ccccc1O)NC(=O)c1ncn(C(C)(C)C)n1. The van der Waals surface area contributed by atoms with Gasteiger partial charge < -0.3 is 15.2 Å². The van der Waals surface area contributed by atoms with Crippen LogP contribution in [-0.2, 0) is 21.5 Å². The van der Waals surface area contributed by atoms with Crippen LogP contribution in [0.3, 0.4) is 0 Å². The van der Waals surface area contributed by atoms with E-state index in [2.05, 4.69) is 15.4 Å². The lowest BCUT2D eigenvalue weighted by Crippen LogP contribution is -2.43. The number of esters is 1. The number of carbonyl (C=O) groups excluding carboxylic acids is 2. The zero-order valence-corrected chi connectivity index (χ0v) is 14.7. The fourth-order valence-corrected chi connectivity index (χ4v) is 2.15. The largest absolute Gasteiger partial charge is 0.508 e. The molecular weight excluding hydrogens is 324 g/mol. The van der Waals surface area contributed by atoms with Gasteiger partial charge in [-0.2, -0.15) is 0 Å². The van der Waals surface area contributed by atoms with Gasteiger partial charge in [0.25, 0.3) is 5.91 Å². The van der Waals surface area contributed by atoms with Crippen LogP contribution >= 0.6 is 0 Å². The van der Waals surface area contributed by atoms with E-state index in [0.29, 0.717) is 5.56 Å². The fraction of sp³-hybridized carbons (Fsp3) is 0.412. The summed E-state index contributed by atoms with van der Waals surface area (Å²) in [7, 11) is 1.24. The zero-order valence-electron chi connectivity index (χ0n) is 14.7. The number of rotatable bonds is 5. The highest BCUT2D eigenvalue weighted by molar-refractivity contribution is 5.93. The van der Waals surface area contributed by atoms with Crippen molar-refractivity contribution in [3.8, 4) is 5.75 Å². The molecule has 2 N–H and O–H groups in total. The number of amides is 1. The molecule has 8 nitrogen and oxygen atoms in total. The second-order valence-electron chi connectivity index (χ2n) is 6.57. The van der Waals surface area contributed by atoms with Crippen LogP contribution in [-0.4, -0.2) is 44.9 Å². The lowest BCUT2D eigenvalue weighted by Gasteiger charge is -2.18. The Morgan fingerprint density at radius 2 is 2.00 bits per heavy atom. The number of carbonyl (C=O) groups is 2. The first-order valence-electron chi connectivity index (χ1n) is 7.80. The minimum absolute atomic E-state index is 0.0406.